The van der Waals surface area contributed by atoms with E-state index >= 15 is 0 Å². The van der Waals surface area contributed by atoms with Crippen molar-refractivity contribution in [3.8, 4) is 11.5 Å². The number of carbonyl (C=O) groups excluding carboxylic acids is 1. The maximum Gasteiger partial charge on any atom is 0.263 e. The van der Waals surface area contributed by atoms with Crippen molar-refractivity contribution in [1.29, 1.82) is 0 Å². The predicted octanol–water partition coefficient (Wildman–Crippen LogP) is 2.02. The zero-order chi connectivity index (χ0) is 15.5. The second-order valence-electron chi connectivity index (χ2n) is 4.69. The number of aromatic nitrogens is 1. The Hall–Kier alpha value is -3.02. The Morgan fingerprint density at radius 2 is 2.14 bits per heavy atom. The molecule has 6 heteroatoms. The summed E-state index contributed by atoms with van der Waals surface area (Å²) in [4.78, 5) is 24.5. The standard InChI is InChI=1S/C16H14N2O4/c1-2-7-18-8-3-4-12(16(18)20)15(19)17-11-5-6-13-14(9-11)22-10-21-13/h2-6,8-9H,1,7,10H2,(H,17,19). The van der Waals surface area contributed by atoms with E-state index in [1.807, 2.05) is 0 Å². The highest BCUT2D eigenvalue weighted by atomic mass is 16.7. The number of benzene rings is 1. The minimum absolute atomic E-state index is 0.0713. The lowest BCUT2D eigenvalue weighted by molar-refractivity contribution is 0.102. The van der Waals surface area contributed by atoms with Crippen LogP contribution in [0.5, 0.6) is 11.5 Å². The first-order chi connectivity index (χ1) is 10.7. The van der Waals surface area contributed by atoms with Gasteiger partial charge in [0.15, 0.2) is 11.5 Å². The van der Waals surface area contributed by atoms with Crippen LogP contribution in [0.15, 0.2) is 54.0 Å². The summed E-state index contributed by atoms with van der Waals surface area (Å²) < 4.78 is 11.9. The lowest BCUT2D eigenvalue weighted by Gasteiger charge is -2.08. The highest BCUT2D eigenvalue weighted by Crippen LogP contribution is 2.34. The molecule has 1 amide bonds. The van der Waals surface area contributed by atoms with Crippen LogP contribution in [0.1, 0.15) is 10.4 Å². The summed E-state index contributed by atoms with van der Waals surface area (Å²) >= 11 is 0. The number of carbonyl (C=O) groups is 1. The van der Waals surface area contributed by atoms with Crippen LogP contribution in [-0.4, -0.2) is 17.3 Å². The number of amides is 1. The van der Waals surface area contributed by atoms with Crippen molar-refractivity contribution in [3.63, 3.8) is 0 Å². The number of ether oxygens (including phenoxy) is 2. The molecule has 0 saturated heterocycles. The molecule has 112 valence electrons. The Morgan fingerprint density at radius 3 is 2.95 bits per heavy atom. The van der Waals surface area contributed by atoms with Crippen LogP contribution in [0.25, 0.3) is 0 Å². The van der Waals surface area contributed by atoms with Crippen molar-refractivity contribution >= 4 is 11.6 Å². The van der Waals surface area contributed by atoms with Gasteiger partial charge in [0.1, 0.15) is 5.56 Å². The molecule has 0 fully saturated rings. The van der Waals surface area contributed by atoms with Gasteiger partial charge in [0.25, 0.3) is 11.5 Å². The molecule has 1 aliphatic rings. The number of hydrogen-bond acceptors (Lipinski definition) is 4. The molecule has 0 bridgehead atoms. The molecule has 0 aliphatic carbocycles. The quantitative estimate of drug-likeness (QED) is 0.877. The topological polar surface area (TPSA) is 69.6 Å². The number of anilines is 1. The Morgan fingerprint density at radius 1 is 1.32 bits per heavy atom. The Kier molecular flexibility index (Phi) is 3.65. The Bertz CT molecular complexity index is 795. The maximum atomic E-state index is 12.3. The molecular weight excluding hydrogens is 284 g/mol. The molecule has 1 aliphatic heterocycles. The van der Waals surface area contributed by atoms with Crippen molar-refractivity contribution < 1.29 is 14.3 Å². The van der Waals surface area contributed by atoms with Crippen LogP contribution in [0, 0.1) is 0 Å². The molecule has 3 rings (SSSR count). The van der Waals surface area contributed by atoms with Crippen LogP contribution in [0.2, 0.25) is 0 Å². The molecule has 1 N–H and O–H groups in total. The van der Waals surface area contributed by atoms with Crippen molar-refractivity contribution in [1.82, 2.24) is 4.57 Å². The lowest BCUT2D eigenvalue weighted by Crippen LogP contribution is -2.28. The number of hydrogen-bond donors (Lipinski definition) is 1. The summed E-state index contributed by atoms with van der Waals surface area (Å²) in [7, 11) is 0. The summed E-state index contributed by atoms with van der Waals surface area (Å²) in [5, 5.41) is 2.68. The molecule has 0 radical (unpaired) electrons. The molecule has 22 heavy (non-hydrogen) atoms. The largest absolute Gasteiger partial charge is 0.454 e. The fraction of sp³-hybridized carbons (Fsp3) is 0.125. The molecule has 6 nitrogen and oxygen atoms in total. The highest BCUT2D eigenvalue weighted by molar-refractivity contribution is 6.04. The minimum Gasteiger partial charge on any atom is -0.454 e. The number of nitrogens with one attached hydrogen (secondary N) is 1. The first-order valence-corrected chi connectivity index (χ1v) is 6.70. The van der Waals surface area contributed by atoms with E-state index in [1.54, 1.807) is 36.5 Å². The van der Waals surface area contributed by atoms with Gasteiger partial charge in [-0.3, -0.25) is 9.59 Å². The number of rotatable bonds is 4. The van der Waals surface area contributed by atoms with Gasteiger partial charge in [-0.15, -0.1) is 6.58 Å². The number of fused-ring (bicyclic) bond motifs is 1. The molecule has 0 unspecified atom stereocenters. The average molecular weight is 298 g/mol. The van der Waals surface area contributed by atoms with E-state index in [2.05, 4.69) is 11.9 Å². The monoisotopic (exact) mass is 298 g/mol. The molecule has 2 heterocycles. The predicted molar refractivity (Wildman–Crippen MR) is 81.4 cm³/mol. The Labute approximate surface area is 126 Å². The van der Waals surface area contributed by atoms with Gasteiger partial charge < -0.3 is 19.4 Å². The summed E-state index contributed by atoms with van der Waals surface area (Å²) in [5.41, 5.74) is 0.246. The zero-order valence-corrected chi connectivity index (χ0v) is 11.7. The third-order valence-corrected chi connectivity index (χ3v) is 3.22. The first kappa shape index (κ1) is 13.9. The summed E-state index contributed by atoms with van der Waals surface area (Å²) in [5.74, 6) is 0.725. The summed E-state index contributed by atoms with van der Waals surface area (Å²) in [6.07, 6.45) is 3.21. The second kappa shape index (κ2) is 5.77. The van der Waals surface area contributed by atoms with E-state index in [0.717, 1.165) is 0 Å². The van der Waals surface area contributed by atoms with Gasteiger partial charge >= 0.3 is 0 Å². The van der Waals surface area contributed by atoms with Gasteiger partial charge in [0.2, 0.25) is 6.79 Å². The van der Waals surface area contributed by atoms with Gasteiger partial charge in [-0.25, -0.2) is 0 Å². The van der Waals surface area contributed by atoms with Crippen LogP contribution in [0.4, 0.5) is 5.69 Å². The van der Waals surface area contributed by atoms with Crippen LogP contribution < -0.4 is 20.3 Å². The molecule has 2 aromatic rings. The van der Waals surface area contributed by atoms with Gasteiger partial charge in [-0.2, -0.15) is 0 Å². The van der Waals surface area contributed by atoms with E-state index in [9.17, 15) is 9.59 Å². The van der Waals surface area contributed by atoms with Crippen LogP contribution in [0.3, 0.4) is 0 Å². The SMILES string of the molecule is C=CCn1cccc(C(=O)Nc2ccc3c(c2)OCO3)c1=O. The van der Waals surface area contributed by atoms with E-state index in [1.165, 1.54) is 10.6 Å². The first-order valence-electron chi connectivity index (χ1n) is 6.70. The Balaban J connectivity index is 1.84. The van der Waals surface area contributed by atoms with E-state index < -0.39 is 5.91 Å². The minimum atomic E-state index is -0.470. The maximum absolute atomic E-state index is 12.3. The number of pyridine rings is 1. The molecule has 0 saturated carbocycles. The smallest absolute Gasteiger partial charge is 0.263 e. The normalized spacial score (nSPS) is 12.0. The molecule has 0 spiro atoms. The fourth-order valence-corrected chi connectivity index (χ4v) is 2.17. The number of nitrogens with zero attached hydrogens (tertiary/aromatic N) is 1. The lowest BCUT2D eigenvalue weighted by atomic mass is 10.2. The van der Waals surface area contributed by atoms with Crippen molar-refractivity contribution in [2.45, 2.75) is 6.54 Å². The van der Waals surface area contributed by atoms with E-state index in [0.29, 0.717) is 23.7 Å². The van der Waals surface area contributed by atoms with Crippen molar-refractivity contribution in [3.05, 3.63) is 65.1 Å². The fourth-order valence-electron chi connectivity index (χ4n) is 2.17. The van der Waals surface area contributed by atoms with E-state index in [-0.39, 0.29) is 17.9 Å². The average Bonchev–Trinajstić information content (AvgIpc) is 2.97. The highest BCUT2D eigenvalue weighted by Gasteiger charge is 2.16. The molecular formula is C16H14N2O4. The van der Waals surface area contributed by atoms with Crippen LogP contribution >= 0.6 is 0 Å². The zero-order valence-electron chi connectivity index (χ0n) is 11.7. The van der Waals surface area contributed by atoms with Crippen molar-refractivity contribution in [2.24, 2.45) is 0 Å². The van der Waals surface area contributed by atoms with Crippen LogP contribution in [-0.2, 0) is 6.54 Å². The molecule has 1 aromatic carbocycles. The van der Waals surface area contributed by atoms with Crippen molar-refractivity contribution in [2.75, 3.05) is 12.1 Å². The third kappa shape index (κ3) is 2.58. The summed E-state index contributed by atoms with van der Waals surface area (Å²) in [6.45, 7) is 4.10. The number of allylic oxidation sites excluding steroid dienone is 1. The van der Waals surface area contributed by atoms with Gasteiger partial charge in [-0.1, -0.05) is 6.08 Å². The summed E-state index contributed by atoms with van der Waals surface area (Å²) in [6, 6.07) is 8.20. The van der Waals surface area contributed by atoms with E-state index in [4.69, 9.17) is 9.47 Å². The molecule has 0 atom stereocenters. The molecule has 1 aromatic heterocycles. The van der Waals surface area contributed by atoms with Gasteiger partial charge in [-0.05, 0) is 24.3 Å². The van der Waals surface area contributed by atoms with Gasteiger partial charge in [0.05, 0.1) is 0 Å². The third-order valence-electron chi connectivity index (χ3n) is 3.22. The van der Waals surface area contributed by atoms with Gasteiger partial charge in [0, 0.05) is 24.5 Å². The second-order valence-corrected chi connectivity index (χ2v) is 4.69.